The third-order valence-electron chi connectivity index (χ3n) is 4.70. The van der Waals surface area contributed by atoms with Crippen LogP contribution in [0.15, 0.2) is 36.4 Å². The van der Waals surface area contributed by atoms with Crippen molar-refractivity contribution in [3.8, 4) is 11.5 Å². The number of hydrogen-bond donors (Lipinski definition) is 2. The van der Waals surface area contributed by atoms with E-state index in [-0.39, 0.29) is 12.5 Å². The van der Waals surface area contributed by atoms with Crippen molar-refractivity contribution in [1.29, 1.82) is 0 Å². The van der Waals surface area contributed by atoms with Gasteiger partial charge in [0.2, 0.25) is 5.91 Å². The molecule has 0 radical (unpaired) electrons. The van der Waals surface area contributed by atoms with E-state index in [9.17, 15) is 4.79 Å². The quantitative estimate of drug-likeness (QED) is 0.684. The van der Waals surface area contributed by atoms with E-state index in [4.69, 9.17) is 25.8 Å². The van der Waals surface area contributed by atoms with Crippen LogP contribution in [0, 0.1) is 0 Å². The van der Waals surface area contributed by atoms with Crippen LogP contribution in [0.1, 0.15) is 5.56 Å². The van der Waals surface area contributed by atoms with Gasteiger partial charge >= 0.3 is 0 Å². The summed E-state index contributed by atoms with van der Waals surface area (Å²) in [5.74, 6) is 0.734. The van der Waals surface area contributed by atoms with Gasteiger partial charge in [-0.25, -0.2) is 0 Å². The molecule has 2 aromatic carbocycles. The molecule has 1 heterocycles. The van der Waals surface area contributed by atoms with E-state index in [1.165, 1.54) is 14.2 Å². The number of carbonyl (C=O) groups excluding carboxylic acids is 1. The van der Waals surface area contributed by atoms with Gasteiger partial charge in [0, 0.05) is 37.5 Å². The molecule has 0 atom stereocenters. The highest BCUT2D eigenvalue weighted by atomic mass is 35.5. The lowest BCUT2D eigenvalue weighted by Gasteiger charge is -2.27. The van der Waals surface area contributed by atoms with E-state index >= 15 is 0 Å². The molecule has 0 aliphatic carbocycles. The van der Waals surface area contributed by atoms with Gasteiger partial charge in [0.05, 0.1) is 44.7 Å². The van der Waals surface area contributed by atoms with Gasteiger partial charge in [0.1, 0.15) is 11.5 Å². The van der Waals surface area contributed by atoms with Crippen LogP contribution in [0.4, 0.5) is 11.4 Å². The third kappa shape index (κ3) is 5.76. The lowest BCUT2D eigenvalue weighted by Crippen LogP contribution is -2.35. The summed E-state index contributed by atoms with van der Waals surface area (Å²) >= 11 is 6.11. The molecule has 7 nitrogen and oxygen atoms in total. The zero-order valence-electron chi connectivity index (χ0n) is 16.7. The summed E-state index contributed by atoms with van der Waals surface area (Å²) < 4.78 is 15.9. The summed E-state index contributed by atoms with van der Waals surface area (Å²) in [5, 5.41) is 6.49. The number of rotatable bonds is 8. The van der Waals surface area contributed by atoms with Crippen molar-refractivity contribution in [2.75, 3.05) is 57.7 Å². The van der Waals surface area contributed by atoms with Gasteiger partial charge in [-0.3, -0.25) is 9.69 Å². The van der Waals surface area contributed by atoms with Crippen molar-refractivity contribution >= 4 is 28.9 Å². The molecule has 2 aromatic rings. The van der Waals surface area contributed by atoms with Crippen molar-refractivity contribution in [3.05, 3.63) is 47.0 Å². The number of para-hydroxylation sites is 1. The fraction of sp³-hybridized carbons (Fsp3) is 0.381. The standard InChI is InChI=1S/C21H26ClN3O4/c1-27-19-12-18(20(28-2)11-16(19)22)24-21(26)13-23-17-6-4-3-5-15(17)14-25-7-9-29-10-8-25/h3-6,11-12,23H,7-10,13-14H2,1-2H3,(H,24,26). The van der Waals surface area contributed by atoms with Crippen LogP contribution in [0.3, 0.4) is 0 Å². The number of nitrogens with one attached hydrogen (secondary N) is 2. The first-order valence-corrected chi connectivity index (χ1v) is 9.81. The molecule has 0 unspecified atom stereocenters. The number of morpholine rings is 1. The second kappa shape index (κ2) is 10.3. The Hall–Kier alpha value is -2.48. The fourth-order valence-electron chi connectivity index (χ4n) is 3.16. The first kappa shape index (κ1) is 21.2. The number of nitrogens with zero attached hydrogens (tertiary/aromatic N) is 1. The van der Waals surface area contributed by atoms with Crippen molar-refractivity contribution in [1.82, 2.24) is 4.90 Å². The third-order valence-corrected chi connectivity index (χ3v) is 5.00. The molecule has 0 bridgehead atoms. The van der Waals surface area contributed by atoms with Crippen LogP contribution < -0.4 is 20.1 Å². The molecular formula is C21H26ClN3O4. The predicted molar refractivity (Wildman–Crippen MR) is 114 cm³/mol. The normalized spacial score (nSPS) is 14.3. The highest BCUT2D eigenvalue weighted by Gasteiger charge is 2.15. The summed E-state index contributed by atoms with van der Waals surface area (Å²) in [6.07, 6.45) is 0. The minimum Gasteiger partial charge on any atom is -0.495 e. The van der Waals surface area contributed by atoms with Crippen LogP contribution in [0.25, 0.3) is 0 Å². The number of halogens is 1. The minimum absolute atomic E-state index is 0.119. The lowest BCUT2D eigenvalue weighted by atomic mass is 10.1. The number of benzene rings is 2. The van der Waals surface area contributed by atoms with Gasteiger partial charge in [-0.05, 0) is 11.6 Å². The van der Waals surface area contributed by atoms with E-state index in [2.05, 4.69) is 21.6 Å². The SMILES string of the molecule is COc1cc(NC(=O)CNc2ccccc2CN2CCOCC2)c(OC)cc1Cl. The van der Waals surface area contributed by atoms with Gasteiger partial charge in [-0.2, -0.15) is 0 Å². The summed E-state index contributed by atoms with van der Waals surface area (Å²) in [5.41, 5.74) is 2.59. The molecule has 0 saturated carbocycles. The van der Waals surface area contributed by atoms with Gasteiger partial charge < -0.3 is 24.8 Å². The van der Waals surface area contributed by atoms with E-state index in [1.54, 1.807) is 12.1 Å². The molecule has 2 N–H and O–H groups in total. The number of carbonyl (C=O) groups is 1. The molecule has 0 aromatic heterocycles. The average molecular weight is 420 g/mol. The fourth-order valence-corrected chi connectivity index (χ4v) is 3.39. The largest absolute Gasteiger partial charge is 0.495 e. The summed E-state index contributed by atoms with van der Waals surface area (Å²) in [7, 11) is 3.04. The molecule has 1 fully saturated rings. The van der Waals surface area contributed by atoms with Crippen molar-refractivity contribution in [3.63, 3.8) is 0 Å². The van der Waals surface area contributed by atoms with Gasteiger partial charge in [-0.1, -0.05) is 29.8 Å². The van der Waals surface area contributed by atoms with Crippen LogP contribution in [0.5, 0.6) is 11.5 Å². The maximum Gasteiger partial charge on any atom is 0.243 e. The Labute approximate surface area is 175 Å². The van der Waals surface area contributed by atoms with Crippen LogP contribution in [-0.4, -0.2) is 57.9 Å². The Morgan fingerprint density at radius 3 is 2.55 bits per heavy atom. The summed E-state index contributed by atoms with van der Waals surface area (Å²) in [6.45, 7) is 4.26. The second-order valence-electron chi connectivity index (χ2n) is 6.63. The number of hydrogen-bond acceptors (Lipinski definition) is 6. The van der Waals surface area contributed by atoms with E-state index < -0.39 is 0 Å². The number of ether oxygens (including phenoxy) is 3. The monoisotopic (exact) mass is 419 g/mol. The van der Waals surface area contributed by atoms with Crippen LogP contribution in [0.2, 0.25) is 5.02 Å². The Balaban J connectivity index is 1.63. The first-order chi connectivity index (χ1) is 14.1. The van der Waals surface area contributed by atoms with Crippen molar-refractivity contribution in [2.24, 2.45) is 0 Å². The van der Waals surface area contributed by atoms with E-state index in [0.29, 0.717) is 22.2 Å². The average Bonchev–Trinajstić information content (AvgIpc) is 2.74. The van der Waals surface area contributed by atoms with Gasteiger partial charge in [0.25, 0.3) is 0 Å². The number of anilines is 2. The van der Waals surface area contributed by atoms with E-state index in [1.807, 2.05) is 18.2 Å². The van der Waals surface area contributed by atoms with Crippen LogP contribution in [-0.2, 0) is 16.1 Å². The maximum absolute atomic E-state index is 12.5. The molecule has 1 amide bonds. The topological polar surface area (TPSA) is 72.1 Å². The number of amides is 1. The molecule has 1 aliphatic rings. The highest BCUT2D eigenvalue weighted by Crippen LogP contribution is 2.35. The lowest BCUT2D eigenvalue weighted by molar-refractivity contribution is -0.114. The Morgan fingerprint density at radius 2 is 1.83 bits per heavy atom. The van der Waals surface area contributed by atoms with Gasteiger partial charge in [0.15, 0.2) is 0 Å². The zero-order valence-corrected chi connectivity index (χ0v) is 17.4. The van der Waals surface area contributed by atoms with E-state index in [0.717, 1.165) is 44.1 Å². The zero-order chi connectivity index (χ0) is 20.6. The first-order valence-electron chi connectivity index (χ1n) is 9.44. The van der Waals surface area contributed by atoms with Gasteiger partial charge in [-0.15, -0.1) is 0 Å². The molecule has 8 heteroatoms. The smallest absolute Gasteiger partial charge is 0.243 e. The number of methoxy groups -OCH3 is 2. The second-order valence-corrected chi connectivity index (χ2v) is 7.04. The predicted octanol–water partition coefficient (Wildman–Crippen LogP) is 3.24. The minimum atomic E-state index is -0.200. The Morgan fingerprint density at radius 1 is 1.10 bits per heavy atom. The van der Waals surface area contributed by atoms with Crippen LogP contribution >= 0.6 is 11.6 Å². The van der Waals surface area contributed by atoms with Crippen molar-refractivity contribution < 1.29 is 19.0 Å². The Kier molecular flexibility index (Phi) is 7.57. The molecular weight excluding hydrogens is 394 g/mol. The Bertz CT molecular complexity index is 841. The molecule has 3 rings (SSSR count). The summed E-state index contributed by atoms with van der Waals surface area (Å²) in [4.78, 5) is 14.9. The molecule has 156 valence electrons. The van der Waals surface area contributed by atoms with Crippen molar-refractivity contribution in [2.45, 2.75) is 6.54 Å². The molecule has 29 heavy (non-hydrogen) atoms. The maximum atomic E-state index is 12.5. The molecule has 1 aliphatic heterocycles. The highest BCUT2D eigenvalue weighted by molar-refractivity contribution is 6.32. The molecule has 0 spiro atoms. The molecule has 1 saturated heterocycles. The summed E-state index contributed by atoms with van der Waals surface area (Å²) in [6, 6.07) is 11.3.